The van der Waals surface area contributed by atoms with Gasteiger partial charge in [0.15, 0.2) is 0 Å². The lowest BCUT2D eigenvalue weighted by Gasteiger charge is -2.46. The zero-order chi connectivity index (χ0) is 20.1. The average molecular weight is 406 g/mol. The first-order valence-corrected chi connectivity index (χ1v) is 12.1. The molecule has 6 nitrogen and oxygen atoms in total. The van der Waals surface area contributed by atoms with Gasteiger partial charge >= 0.3 is 0 Å². The summed E-state index contributed by atoms with van der Waals surface area (Å²) in [7, 11) is 0. The van der Waals surface area contributed by atoms with E-state index in [2.05, 4.69) is 15.1 Å². The van der Waals surface area contributed by atoms with Crippen molar-refractivity contribution in [1.29, 1.82) is 0 Å². The van der Waals surface area contributed by atoms with Crippen molar-refractivity contribution in [2.75, 3.05) is 45.9 Å². The Hall–Kier alpha value is -1.14. The first kappa shape index (κ1) is 21.1. The molecule has 0 aromatic heterocycles. The molecule has 3 saturated heterocycles. The molecule has 4 rings (SSSR count). The van der Waals surface area contributed by atoms with Crippen LogP contribution in [-0.2, 0) is 14.3 Å². The first-order valence-electron chi connectivity index (χ1n) is 12.1. The van der Waals surface area contributed by atoms with Crippen LogP contribution in [0.3, 0.4) is 0 Å². The van der Waals surface area contributed by atoms with Gasteiger partial charge in [-0.15, -0.1) is 0 Å². The molecule has 0 aromatic carbocycles. The van der Waals surface area contributed by atoms with E-state index in [0.29, 0.717) is 24.3 Å². The lowest BCUT2D eigenvalue weighted by atomic mass is 9.78. The second kappa shape index (κ2) is 9.78. The summed E-state index contributed by atoms with van der Waals surface area (Å²) in [5.41, 5.74) is -0.0389. The van der Waals surface area contributed by atoms with E-state index in [9.17, 15) is 9.59 Å². The van der Waals surface area contributed by atoms with E-state index in [0.717, 1.165) is 84.3 Å². The molecule has 1 aliphatic carbocycles. The normalized spacial score (nSPS) is 28.1. The summed E-state index contributed by atoms with van der Waals surface area (Å²) < 4.78 is 6.27. The molecule has 3 heterocycles. The molecule has 1 spiro atoms. The Bertz CT molecular complexity index is 562. The number of likely N-dealkylation sites (tertiary alicyclic amines) is 2. The predicted octanol–water partition coefficient (Wildman–Crippen LogP) is 2.57. The van der Waals surface area contributed by atoms with Crippen LogP contribution in [0.25, 0.3) is 0 Å². The number of hydrogen-bond acceptors (Lipinski definition) is 4. The van der Waals surface area contributed by atoms with Crippen molar-refractivity contribution >= 4 is 11.8 Å². The maximum Gasteiger partial charge on any atom is 0.236 e. The van der Waals surface area contributed by atoms with Gasteiger partial charge in [0.25, 0.3) is 0 Å². The molecule has 0 radical (unpaired) electrons. The highest BCUT2D eigenvalue weighted by Crippen LogP contribution is 2.38. The highest BCUT2D eigenvalue weighted by Gasteiger charge is 2.41. The van der Waals surface area contributed by atoms with Gasteiger partial charge in [-0.1, -0.05) is 12.8 Å². The number of carbonyl (C=O) groups excluding carboxylic acids is 2. The van der Waals surface area contributed by atoms with Gasteiger partial charge in [0, 0.05) is 32.2 Å². The second-order valence-electron chi connectivity index (χ2n) is 9.82. The third-order valence-electron chi connectivity index (χ3n) is 7.48. The van der Waals surface area contributed by atoms with Gasteiger partial charge in [-0.3, -0.25) is 14.5 Å². The fraction of sp³-hybridized carbons (Fsp3) is 0.913. The van der Waals surface area contributed by atoms with E-state index < -0.39 is 0 Å². The van der Waals surface area contributed by atoms with Crippen molar-refractivity contribution in [3.63, 3.8) is 0 Å². The van der Waals surface area contributed by atoms with Gasteiger partial charge in [0.05, 0.1) is 12.1 Å². The number of carbonyl (C=O) groups is 2. The van der Waals surface area contributed by atoms with Gasteiger partial charge < -0.3 is 15.0 Å². The summed E-state index contributed by atoms with van der Waals surface area (Å²) in [5.74, 6) is 1.48. The van der Waals surface area contributed by atoms with Gasteiger partial charge in [-0.2, -0.15) is 0 Å². The SMILES string of the molecule is O=C(NCCC1CCOC2(CCN(C(=O)CN3CCCCCC3)CC2)C1)C1CC1. The number of nitrogens with one attached hydrogen (secondary N) is 1. The number of amides is 2. The van der Waals surface area contributed by atoms with E-state index in [1.54, 1.807) is 0 Å². The van der Waals surface area contributed by atoms with Crippen LogP contribution in [0.2, 0.25) is 0 Å². The van der Waals surface area contributed by atoms with E-state index in [4.69, 9.17) is 4.74 Å². The molecule has 1 atom stereocenters. The van der Waals surface area contributed by atoms with Gasteiger partial charge in [0.1, 0.15) is 0 Å². The van der Waals surface area contributed by atoms with Gasteiger partial charge in [-0.25, -0.2) is 0 Å². The molecule has 29 heavy (non-hydrogen) atoms. The molecule has 3 aliphatic heterocycles. The molecule has 4 aliphatic rings. The molecular formula is C23H39N3O3. The minimum Gasteiger partial charge on any atom is -0.375 e. The number of ether oxygens (including phenoxy) is 1. The maximum atomic E-state index is 12.8. The molecule has 0 bridgehead atoms. The van der Waals surface area contributed by atoms with Crippen molar-refractivity contribution in [2.45, 2.75) is 76.2 Å². The molecule has 0 aromatic rings. The number of piperidine rings is 1. The molecule has 4 fully saturated rings. The van der Waals surface area contributed by atoms with Gasteiger partial charge in [-0.05, 0) is 76.8 Å². The monoisotopic (exact) mass is 405 g/mol. The maximum absolute atomic E-state index is 12.8. The standard InChI is InChI=1S/C23H39N3O3/c27-21(18-25-12-3-1-2-4-13-25)26-14-9-23(10-15-26)17-19(8-16-29-23)7-11-24-22(28)20-5-6-20/h19-20H,1-18H2,(H,24,28). The number of hydrogen-bond donors (Lipinski definition) is 1. The molecular weight excluding hydrogens is 366 g/mol. The Morgan fingerprint density at radius 3 is 2.38 bits per heavy atom. The van der Waals surface area contributed by atoms with Crippen LogP contribution in [0.1, 0.15) is 70.6 Å². The minimum atomic E-state index is -0.0389. The Morgan fingerprint density at radius 2 is 1.69 bits per heavy atom. The lowest BCUT2D eigenvalue weighted by Crippen LogP contribution is -2.52. The van der Waals surface area contributed by atoms with E-state index in [1.165, 1.54) is 25.7 Å². The summed E-state index contributed by atoms with van der Waals surface area (Å²) in [6.07, 6.45) is 12.4. The third-order valence-corrected chi connectivity index (χ3v) is 7.48. The fourth-order valence-corrected chi connectivity index (χ4v) is 5.36. The van der Waals surface area contributed by atoms with Crippen LogP contribution >= 0.6 is 0 Å². The largest absolute Gasteiger partial charge is 0.375 e. The summed E-state index contributed by atoms with van der Waals surface area (Å²) >= 11 is 0. The van der Waals surface area contributed by atoms with Crippen LogP contribution in [0.5, 0.6) is 0 Å². The topological polar surface area (TPSA) is 61.9 Å². The van der Waals surface area contributed by atoms with Crippen LogP contribution in [-0.4, -0.2) is 73.1 Å². The Morgan fingerprint density at radius 1 is 0.966 bits per heavy atom. The Labute approximate surface area is 175 Å². The van der Waals surface area contributed by atoms with E-state index in [1.807, 2.05) is 0 Å². The minimum absolute atomic E-state index is 0.0389. The third kappa shape index (κ3) is 5.94. The first-order chi connectivity index (χ1) is 14.1. The van der Waals surface area contributed by atoms with Gasteiger partial charge in [0.2, 0.25) is 11.8 Å². The molecule has 1 N–H and O–H groups in total. The van der Waals surface area contributed by atoms with Crippen molar-refractivity contribution < 1.29 is 14.3 Å². The zero-order valence-corrected chi connectivity index (χ0v) is 18.0. The Balaban J connectivity index is 1.19. The van der Waals surface area contributed by atoms with Crippen molar-refractivity contribution in [3.05, 3.63) is 0 Å². The smallest absolute Gasteiger partial charge is 0.236 e. The van der Waals surface area contributed by atoms with E-state index in [-0.39, 0.29) is 11.5 Å². The second-order valence-corrected chi connectivity index (χ2v) is 9.82. The Kier molecular flexibility index (Phi) is 7.12. The molecule has 1 unspecified atom stereocenters. The summed E-state index contributed by atoms with van der Waals surface area (Å²) in [4.78, 5) is 29.0. The van der Waals surface area contributed by atoms with Crippen LogP contribution in [0.4, 0.5) is 0 Å². The lowest BCUT2D eigenvalue weighted by molar-refractivity contribution is -0.148. The number of nitrogens with zero attached hydrogens (tertiary/aromatic N) is 2. The zero-order valence-electron chi connectivity index (χ0n) is 18.0. The molecule has 164 valence electrons. The highest BCUT2D eigenvalue weighted by molar-refractivity contribution is 5.80. The predicted molar refractivity (Wildman–Crippen MR) is 112 cm³/mol. The molecule has 1 saturated carbocycles. The van der Waals surface area contributed by atoms with Crippen LogP contribution in [0, 0.1) is 11.8 Å². The van der Waals surface area contributed by atoms with E-state index >= 15 is 0 Å². The highest BCUT2D eigenvalue weighted by atomic mass is 16.5. The number of rotatable bonds is 6. The summed E-state index contributed by atoms with van der Waals surface area (Å²) in [5, 5.41) is 3.11. The summed E-state index contributed by atoms with van der Waals surface area (Å²) in [6.45, 7) is 6.03. The van der Waals surface area contributed by atoms with Crippen LogP contribution in [0.15, 0.2) is 0 Å². The van der Waals surface area contributed by atoms with Crippen molar-refractivity contribution in [3.8, 4) is 0 Å². The quantitative estimate of drug-likeness (QED) is 0.738. The molecule has 6 heteroatoms. The van der Waals surface area contributed by atoms with Crippen molar-refractivity contribution in [1.82, 2.24) is 15.1 Å². The average Bonchev–Trinajstić information content (AvgIpc) is 3.57. The molecule has 2 amide bonds. The van der Waals surface area contributed by atoms with Crippen LogP contribution < -0.4 is 5.32 Å². The van der Waals surface area contributed by atoms with Crippen molar-refractivity contribution in [2.24, 2.45) is 11.8 Å². The summed E-state index contributed by atoms with van der Waals surface area (Å²) in [6, 6.07) is 0. The fourth-order valence-electron chi connectivity index (χ4n) is 5.36.